The molecule has 1 heterocycles. The number of thioether (sulfide) groups is 1. The number of thiocarbonyl (C=S) groups is 1. The Labute approximate surface area is 154 Å². The maximum Gasteiger partial charge on any atom is 0.270 e. The summed E-state index contributed by atoms with van der Waals surface area (Å²) in [7, 11) is 0. The zero-order valence-electron chi connectivity index (χ0n) is 12.7. The summed E-state index contributed by atoms with van der Waals surface area (Å²) in [5.41, 5.74) is 2.13. The fraction of sp³-hybridized carbons (Fsp3) is 0.0556. The fourth-order valence-electron chi connectivity index (χ4n) is 2.25. The first-order valence-corrected chi connectivity index (χ1v) is 8.70. The maximum absolute atomic E-state index is 12.7. The number of rotatable bonds is 3. The minimum absolute atomic E-state index is 0.0189. The average Bonchev–Trinajstić information content (AvgIpc) is 2.83. The molecular weight excluding hydrogens is 362 g/mol. The van der Waals surface area contributed by atoms with Gasteiger partial charge in [0.1, 0.15) is 0 Å². The van der Waals surface area contributed by atoms with Crippen molar-refractivity contribution in [1.29, 1.82) is 0 Å². The lowest BCUT2D eigenvalue weighted by Gasteiger charge is -2.14. The third kappa shape index (κ3) is 3.43. The number of Topliss-reactive ketones (excluding diaryl/α,β-unsaturated/α-hetero) is 1. The van der Waals surface area contributed by atoms with E-state index in [0.717, 1.165) is 5.56 Å². The second kappa shape index (κ2) is 6.89. The predicted molar refractivity (Wildman–Crippen MR) is 104 cm³/mol. The molecule has 2 aromatic carbocycles. The van der Waals surface area contributed by atoms with Crippen molar-refractivity contribution in [2.75, 3.05) is 4.90 Å². The van der Waals surface area contributed by atoms with Crippen LogP contribution in [0.25, 0.3) is 6.08 Å². The van der Waals surface area contributed by atoms with Gasteiger partial charge in [-0.05, 0) is 55.0 Å². The quantitative estimate of drug-likeness (QED) is 0.433. The number of carbonyl (C=O) groups excluding carboxylic acids is 2. The molecule has 0 unspecified atom stereocenters. The largest absolute Gasteiger partial charge is 0.295 e. The van der Waals surface area contributed by atoms with E-state index in [1.54, 1.807) is 42.5 Å². The van der Waals surface area contributed by atoms with Crippen molar-refractivity contribution in [2.24, 2.45) is 0 Å². The Morgan fingerprint density at radius 3 is 2.33 bits per heavy atom. The van der Waals surface area contributed by atoms with E-state index in [-0.39, 0.29) is 11.7 Å². The number of amides is 1. The molecule has 0 bridgehead atoms. The molecule has 24 heavy (non-hydrogen) atoms. The van der Waals surface area contributed by atoms with Gasteiger partial charge < -0.3 is 0 Å². The summed E-state index contributed by atoms with van der Waals surface area (Å²) < 4.78 is 0.468. The average molecular weight is 374 g/mol. The molecule has 0 spiro atoms. The molecule has 3 rings (SSSR count). The lowest BCUT2D eigenvalue weighted by atomic mass is 10.1. The lowest BCUT2D eigenvalue weighted by Crippen LogP contribution is -2.27. The highest BCUT2D eigenvalue weighted by atomic mass is 35.5. The number of benzene rings is 2. The van der Waals surface area contributed by atoms with Crippen molar-refractivity contribution in [3.8, 4) is 0 Å². The minimum atomic E-state index is -0.171. The highest BCUT2D eigenvalue weighted by Crippen LogP contribution is 2.36. The highest BCUT2D eigenvalue weighted by Gasteiger charge is 2.33. The van der Waals surface area contributed by atoms with Crippen LogP contribution < -0.4 is 4.90 Å². The van der Waals surface area contributed by atoms with Crippen molar-refractivity contribution in [1.82, 2.24) is 0 Å². The van der Waals surface area contributed by atoms with Gasteiger partial charge in [-0.2, -0.15) is 0 Å². The molecule has 0 atom stereocenters. The Kier molecular flexibility index (Phi) is 4.85. The van der Waals surface area contributed by atoms with Gasteiger partial charge >= 0.3 is 0 Å². The van der Waals surface area contributed by atoms with Crippen LogP contribution in [-0.2, 0) is 4.79 Å². The van der Waals surface area contributed by atoms with E-state index in [1.807, 2.05) is 12.1 Å². The summed E-state index contributed by atoms with van der Waals surface area (Å²) >= 11 is 12.5. The number of halogens is 1. The molecule has 6 heteroatoms. The van der Waals surface area contributed by atoms with Gasteiger partial charge in [-0.1, -0.05) is 47.7 Å². The summed E-state index contributed by atoms with van der Waals surface area (Å²) in [4.78, 5) is 26.1. The van der Waals surface area contributed by atoms with Gasteiger partial charge in [-0.25, -0.2) is 0 Å². The van der Waals surface area contributed by atoms with Crippen LogP contribution in [0.4, 0.5) is 5.69 Å². The molecule has 1 amide bonds. The molecule has 0 saturated carbocycles. The van der Waals surface area contributed by atoms with Crippen LogP contribution in [0.15, 0.2) is 53.4 Å². The first kappa shape index (κ1) is 16.9. The topological polar surface area (TPSA) is 37.4 Å². The smallest absolute Gasteiger partial charge is 0.270 e. The molecule has 0 N–H and O–H groups in total. The maximum atomic E-state index is 12.7. The Balaban J connectivity index is 1.88. The van der Waals surface area contributed by atoms with Gasteiger partial charge in [-0.3, -0.25) is 14.5 Å². The zero-order valence-corrected chi connectivity index (χ0v) is 15.0. The lowest BCUT2D eigenvalue weighted by molar-refractivity contribution is -0.113. The first-order valence-electron chi connectivity index (χ1n) is 7.10. The third-order valence-electron chi connectivity index (χ3n) is 3.49. The van der Waals surface area contributed by atoms with Crippen LogP contribution in [0.2, 0.25) is 5.02 Å². The Bertz CT molecular complexity index is 858. The van der Waals surface area contributed by atoms with Crippen molar-refractivity contribution < 1.29 is 9.59 Å². The SMILES string of the molecule is CC(=O)c1ccc(N2C(=O)C(=Cc3ccc(Cl)cc3)SC2=S)cc1. The number of ketones is 1. The molecule has 0 radical (unpaired) electrons. The molecule has 1 aliphatic heterocycles. The second-order valence-electron chi connectivity index (χ2n) is 5.17. The standard InChI is InChI=1S/C18H12ClNO2S2/c1-11(21)13-4-8-15(9-5-13)20-17(22)16(24-18(20)23)10-12-2-6-14(19)7-3-12/h2-10H,1H3. The van der Waals surface area contributed by atoms with Crippen LogP contribution in [0.5, 0.6) is 0 Å². The molecular formula is C18H12ClNO2S2. The van der Waals surface area contributed by atoms with Gasteiger partial charge in [0.2, 0.25) is 0 Å². The van der Waals surface area contributed by atoms with Gasteiger partial charge in [-0.15, -0.1) is 0 Å². The predicted octanol–water partition coefficient (Wildman–Crippen LogP) is 4.95. The normalized spacial score (nSPS) is 16.1. The Morgan fingerprint density at radius 2 is 1.75 bits per heavy atom. The van der Waals surface area contributed by atoms with Gasteiger partial charge in [0.25, 0.3) is 5.91 Å². The van der Waals surface area contributed by atoms with Crippen LogP contribution >= 0.6 is 35.6 Å². The number of carbonyl (C=O) groups is 2. The Hall–Kier alpha value is -1.95. The molecule has 2 aromatic rings. The van der Waals surface area contributed by atoms with Crippen molar-refractivity contribution in [2.45, 2.75) is 6.92 Å². The third-order valence-corrected chi connectivity index (χ3v) is 5.05. The van der Waals surface area contributed by atoms with E-state index in [2.05, 4.69) is 0 Å². The van der Waals surface area contributed by atoms with E-state index in [0.29, 0.717) is 25.5 Å². The summed E-state index contributed by atoms with van der Waals surface area (Å²) in [5, 5.41) is 0.644. The summed E-state index contributed by atoms with van der Waals surface area (Å²) in [6, 6.07) is 14.1. The summed E-state index contributed by atoms with van der Waals surface area (Å²) in [5.74, 6) is -0.190. The summed E-state index contributed by atoms with van der Waals surface area (Å²) in [6.45, 7) is 1.50. The van der Waals surface area contributed by atoms with E-state index in [4.69, 9.17) is 23.8 Å². The van der Waals surface area contributed by atoms with E-state index >= 15 is 0 Å². The zero-order chi connectivity index (χ0) is 17.3. The first-order chi connectivity index (χ1) is 11.5. The van der Waals surface area contributed by atoms with Crippen molar-refractivity contribution in [3.63, 3.8) is 0 Å². The molecule has 1 fully saturated rings. The molecule has 1 aliphatic rings. The number of anilines is 1. The minimum Gasteiger partial charge on any atom is -0.295 e. The molecule has 120 valence electrons. The van der Waals surface area contributed by atoms with Gasteiger partial charge in [0.05, 0.1) is 10.6 Å². The van der Waals surface area contributed by atoms with E-state index in [1.165, 1.54) is 23.6 Å². The van der Waals surface area contributed by atoms with Crippen molar-refractivity contribution >= 4 is 63.4 Å². The van der Waals surface area contributed by atoms with Crippen LogP contribution in [0, 0.1) is 0 Å². The molecule has 0 aliphatic carbocycles. The second-order valence-corrected chi connectivity index (χ2v) is 7.28. The Morgan fingerprint density at radius 1 is 1.12 bits per heavy atom. The highest BCUT2D eigenvalue weighted by molar-refractivity contribution is 8.27. The van der Waals surface area contributed by atoms with Crippen LogP contribution in [-0.4, -0.2) is 16.0 Å². The van der Waals surface area contributed by atoms with Gasteiger partial charge in [0, 0.05) is 10.6 Å². The summed E-state index contributed by atoms with van der Waals surface area (Å²) in [6.07, 6.45) is 1.79. The molecule has 1 saturated heterocycles. The van der Waals surface area contributed by atoms with E-state index < -0.39 is 0 Å². The molecule has 3 nitrogen and oxygen atoms in total. The number of hydrogen-bond acceptors (Lipinski definition) is 4. The van der Waals surface area contributed by atoms with Crippen LogP contribution in [0.1, 0.15) is 22.8 Å². The van der Waals surface area contributed by atoms with E-state index in [9.17, 15) is 9.59 Å². The monoisotopic (exact) mass is 373 g/mol. The number of nitrogens with zero attached hydrogens (tertiary/aromatic N) is 1. The van der Waals surface area contributed by atoms with Gasteiger partial charge in [0.15, 0.2) is 10.1 Å². The number of hydrogen-bond donors (Lipinski definition) is 0. The fourth-order valence-corrected chi connectivity index (χ4v) is 3.67. The van der Waals surface area contributed by atoms with Crippen LogP contribution in [0.3, 0.4) is 0 Å². The van der Waals surface area contributed by atoms with Crippen molar-refractivity contribution in [3.05, 3.63) is 69.6 Å². The molecule has 0 aromatic heterocycles.